The Morgan fingerprint density at radius 1 is 1.32 bits per heavy atom. The van der Waals surface area contributed by atoms with E-state index in [1.807, 2.05) is 17.5 Å². The highest BCUT2D eigenvalue weighted by molar-refractivity contribution is 7.14. The second-order valence-electron chi connectivity index (χ2n) is 3.71. The summed E-state index contributed by atoms with van der Waals surface area (Å²) in [6, 6.07) is 3.74. The Hall–Kier alpha value is -2.54. The molecule has 0 unspecified atom stereocenters. The molecule has 3 aromatic heterocycles. The molecule has 0 spiro atoms. The number of hydrogen-bond donors (Lipinski definition) is 2. The molecular formula is C12H9N5OS. The quantitative estimate of drug-likeness (QED) is 0.764. The van der Waals surface area contributed by atoms with E-state index in [0.717, 1.165) is 11.3 Å². The van der Waals surface area contributed by atoms with Gasteiger partial charge in [0.1, 0.15) is 0 Å². The van der Waals surface area contributed by atoms with Gasteiger partial charge in [0, 0.05) is 29.5 Å². The van der Waals surface area contributed by atoms with Crippen LogP contribution in [0.15, 0.2) is 42.3 Å². The average Bonchev–Trinajstić information content (AvgIpc) is 3.11. The molecule has 0 aliphatic rings. The third-order valence-corrected chi connectivity index (χ3v) is 3.22. The molecule has 7 heteroatoms. The van der Waals surface area contributed by atoms with Crippen LogP contribution in [-0.4, -0.2) is 26.1 Å². The molecule has 0 atom stereocenters. The molecule has 94 valence electrons. The summed E-state index contributed by atoms with van der Waals surface area (Å²) in [4.78, 5) is 20.1. The maximum absolute atomic E-state index is 11.8. The molecule has 0 aliphatic heterocycles. The minimum atomic E-state index is -0.232. The van der Waals surface area contributed by atoms with Gasteiger partial charge in [-0.2, -0.15) is 5.10 Å². The predicted octanol–water partition coefficient (Wildman–Crippen LogP) is 2.18. The van der Waals surface area contributed by atoms with Gasteiger partial charge in [-0.1, -0.05) is 0 Å². The summed E-state index contributed by atoms with van der Waals surface area (Å²) in [5.41, 5.74) is 2.26. The number of anilines is 1. The molecule has 0 aromatic carbocycles. The minimum Gasteiger partial charge on any atom is -0.298 e. The first kappa shape index (κ1) is 11.5. The number of aromatic nitrogens is 4. The van der Waals surface area contributed by atoms with Crippen LogP contribution in [0, 0.1) is 0 Å². The summed E-state index contributed by atoms with van der Waals surface area (Å²) < 4.78 is 0. The van der Waals surface area contributed by atoms with Crippen LogP contribution in [0.25, 0.3) is 11.3 Å². The fraction of sp³-hybridized carbons (Fsp3) is 0. The van der Waals surface area contributed by atoms with Gasteiger partial charge < -0.3 is 0 Å². The summed E-state index contributed by atoms with van der Waals surface area (Å²) in [7, 11) is 0. The Balaban J connectivity index is 1.77. The highest BCUT2D eigenvalue weighted by Crippen LogP contribution is 2.24. The van der Waals surface area contributed by atoms with Gasteiger partial charge in [-0.3, -0.25) is 20.2 Å². The molecule has 0 bridgehead atoms. The van der Waals surface area contributed by atoms with Crippen LogP contribution in [0.4, 0.5) is 5.13 Å². The molecule has 3 aromatic rings. The third kappa shape index (κ3) is 2.50. The van der Waals surface area contributed by atoms with Crippen molar-refractivity contribution in [3.63, 3.8) is 0 Å². The van der Waals surface area contributed by atoms with E-state index in [-0.39, 0.29) is 5.91 Å². The van der Waals surface area contributed by atoms with Gasteiger partial charge in [0.2, 0.25) is 0 Å². The van der Waals surface area contributed by atoms with Crippen LogP contribution in [0.2, 0.25) is 0 Å². The molecule has 0 aliphatic carbocycles. The number of carbonyl (C=O) groups excluding carboxylic acids is 1. The molecule has 0 radical (unpaired) electrons. The van der Waals surface area contributed by atoms with Gasteiger partial charge in [0.05, 0.1) is 17.5 Å². The molecule has 3 heterocycles. The Bertz CT molecular complexity index is 677. The van der Waals surface area contributed by atoms with Crippen LogP contribution >= 0.6 is 11.3 Å². The van der Waals surface area contributed by atoms with E-state index >= 15 is 0 Å². The lowest BCUT2D eigenvalue weighted by atomic mass is 10.2. The van der Waals surface area contributed by atoms with Crippen molar-refractivity contribution in [3.8, 4) is 11.3 Å². The maximum Gasteiger partial charge on any atom is 0.260 e. The highest BCUT2D eigenvalue weighted by Gasteiger charge is 2.10. The average molecular weight is 271 g/mol. The van der Waals surface area contributed by atoms with E-state index in [2.05, 4.69) is 25.5 Å². The van der Waals surface area contributed by atoms with Gasteiger partial charge >= 0.3 is 0 Å². The Morgan fingerprint density at radius 3 is 2.89 bits per heavy atom. The van der Waals surface area contributed by atoms with E-state index in [4.69, 9.17) is 0 Å². The van der Waals surface area contributed by atoms with Crippen LogP contribution in [0.3, 0.4) is 0 Å². The number of rotatable bonds is 3. The van der Waals surface area contributed by atoms with E-state index < -0.39 is 0 Å². The zero-order valence-corrected chi connectivity index (χ0v) is 10.5. The van der Waals surface area contributed by atoms with Gasteiger partial charge in [-0.15, -0.1) is 11.3 Å². The number of amides is 1. The summed E-state index contributed by atoms with van der Waals surface area (Å²) in [6.45, 7) is 0. The standard InChI is InChI=1S/C12H9N5OS/c18-11(9-5-14-15-6-9)17-12-16-10(7-19-12)8-1-3-13-4-2-8/h1-7H,(H,14,15)(H,16,17,18). The third-order valence-electron chi connectivity index (χ3n) is 2.46. The fourth-order valence-electron chi connectivity index (χ4n) is 1.53. The number of aromatic amines is 1. The number of hydrogen-bond acceptors (Lipinski definition) is 5. The monoisotopic (exact) mass is 271 g/mol. The van der Waals surface area contributed by atoms with E-state index in [0.29, 0.717) is 10.7 Å². The fourth-order valence-corrected chi connectivity index (χ4v) is 2.25. The first-order valence-electron chi connectivity index (χ1n) is 5.49. The maximum atomic E-state index is 11.8. The number of carbonyl (C=O) groups is 1. The highest BCUT2D eigenvalue weighted by atomic mass is 32.1. The summed E-state index contributed by atoms with van der Waals surface area (Å²) >= 11 is 1.38. The van der Waals surface area contributed by atoms with E-state index in [1.165, 1.54) is 23.7 Å². The van der Waals surface area contributed by atoms with E-state index in [9.17, 15) is 4.79 Å². The largest absolute Gasteiger partial charge is 0.298 e. The molecule has 0 saturated heterocycles. The predicted molar refractivity (Wildman–Crippen MR) is 71.9 cm³/mol. The topological polar surface area (TPSA) is 83.6 Å². The zero-order valence-electron chi connectivity index (χ0n) is 9.70. The second-order valence-corrected chi connectivity index (χ2v) is 4.57. The van der Waals surface area contributed by atoms with Crippen molar-refractivity contribution in [1.29, 1.82) is 0 Å². The smallest absolute Gasteiger partial charge is 0.260 e. The second kappa shape index (κ2) is 4.99. The summed E-state index contributed by atoms with van der Waals surface area (Å²) in [5, 5.41) is 11.5. The van der Waals surface area contributed by atoms with Crippen molar-refractivity contribution in [2.45, 2.75) is 0 Å². The number of nitrogens with zero attached hydrogens (tertiary/aromatic N) is 3. The first-order valence-corrected chi connectivity index (χ1v) is 6.37. The molecular weight excluding hydrogens is 262 g/mol. The number of H-pyrrole nitrogens is 1. The molecule has 6 nitrogen and oxygen atoms in total. The van der Waals surface area contributed by atoms with E-state index in [1.54, 1.807) is 12.4 Å². The van der Waals surface area contributed by atoms with Crippen molar-refractivity contribution < 1.29 is 4.79 Å². The van der Waals surface area contributed by atoms with Crippen LogP contribution in [-0.2, 0) is 0 Å². The van der Waals surface area contributed by atoms with Crippen molar-refractivity contribution in [3.05, 3.63) is 47.9 Å². The van der Waals surface area contributed by atoms with Gasteiger partial charge in [-0.25, -0.2) is 4.98 Å². The van der Waals surface area contributed by atoms with Crippen molar-refractivity contribution >= 4 is 22.4 Å². The van der Waals surface area contributed by atoms with Gasteiger partial charge in [0.15, 0.2) is 5.13 Å². The Morgan fingerprint density at radius 2 is 2.16 bits per heavy atom. The lowest BCUT2D eigenvalue weighted by Crippen LogP contribution is -2.10. The number of nitrogens with one attached hydrogen (secondary N) is 2. The lowest BCUT2D eigenvalue weighted by Gasteiger charge is -1.97. The van der Waals surface area contributed by atoms with Crippen LogP contribution in [0.1, 0.15) is 10.4 Å². The molecule has 0 fully saturated rings. The molecule has 1 amide bonds. The lowest BCUT2D eigenvalue weighted by molar-refractivity contribution is 0.102. The Labute approximate surface area is 112 Å². The van der Waals surface area contributed by atoms with Crippen molar-refractivity contribution in [2.24, 2.45) is 0 Å². The van der Waals surface area contributed by atoms with Crippen molar-refractivity contribution in [1.82, 2.24) is 20.2 Å². The number of thiazole rings is 1. The normalized spacial score (nSPS) is 10.3. The Kier molecular flexibility index (Phi) is 3.03. The van der Waals surface area contributed by atoms with Crippen molar-refractivity contribution in [2.75, 3.05) is 5.32 Å². The van der Waals surface area contributed by atoms with Gasteiger partial charge in [0.25, 0.3) is 5.91 Å². The minimum absolute atomic E-state index is 0.232. The first-order chi connectivity index (χ1) is 9.33. The molecule has 0 saturated carbocycles. The molecule has 3 rings (SSSR count). The molecule has 19 heavy (non-hydrogen) atoms. The zero-order chi connectivity index (χ0) is 13.1. The van der Waals surface area contributed by atoms with Crippen LogP contribution < -0.4 is 5.32 Å². The summed E-state index contributed by atoms with van der Waals surface area (Å²) in [6.07, 6.45) is 6.41. The summed E-state index contributed by atoms with van der Waals surface area (Å²) in [5.74, 6) is -0.232. The van der Waals surface area contributed by atoms with Gasteiger partial charge in [-0.05, 0) is 12.1 Å². The molecule has 2 N–H and O–H groups in total. The number of pyridine rings is 1. The SMILES string of the molecule is O=C(Nc1nc(-c2ccncc2)cs1)c1cn[nH]c1. The van der Waals surface area contributed by atoms with Crippen LogP contribution in [0.5, 0.6) is 0 Å².